The molecule has 0 bridgehead atoms. The lowest BCUT2D eigenvalue weighted by Crippen LogP contribution is -2.25. The summed E-state index contributed by atoms with van der Waals surface area (Å²) < 4.78 is 5.27. The average molecular weight is 250 g/mol. The predicted octanol–water partition coefficient (Wildman–Crippen LogP) is 0.369. The molecule has 1 atom stereocenters. The van der Waals surface area contributed by atoms with Crippen LogP contribution in [0.3, 0.4) is 0 Å². The number of nitrogens with two attached hydrogens (primary N) is 1. The van der Waals surface area contributed by atoms with E-state index in [2.05, 4.69) is 0 Å². The molecule has 98 valence electrons. The molecule has 1 aromatic carbocycles. The zero-order valence-corrected chi connectivity index (χ0v) is 10.2. The topological polar surface area (TPSA) is 75.8 Å². The van der Waals surface area contributed by atoms with E-state index in [0.717, 1.165) is 5.69 Å². The quantitative estimate of drug-likeness (QED) is 0.791. The van der Waals surface area contributed by atoms with Crippen LogP contribution in [0.2, 0.25) is 0 Å². The molecule has 18 heavy (non-hydrogen) atoms. The lowest BCUT2D eigenvalue weighted by Gasteiger charge is -2.17. The van der Waals surface area contributed by atoms with Crippen LogP contribution in [0, 0.1) is 5.92 Å². The van der Waals surface area contributed by atoms with Crippen molar-refractivity contribution in [3.8, 4) is 5.75 Å². The third-order valence-electron chi connectivity index (χ3n) is 3.05. The number of benzene rings is 1. The zero-order valence-electron chi connectivity index (χ0n) is 10.2. The fourth-order valence-electron chi connectivity index (χ4n) is 2.07. The number of rotatable bonds is 5. The van der Waals surface area contributed by atoms with Crippen molar-refractivity contribution in [1.82, 2.24) is 0 Å². The van der Waals surface area contributed by atoms with E-state index in [1.807, 2.05) is 12.1 Å². The fourth-order valence-corrected chi connectivity index (χ4v) is 2.07. The Morgan fingerprint density at radius 1 is 1.39 bits per heavy atom. The summed E-state index contributed by atoms with van der Waals surface area (Å²) in [6.07, 6.45) is 0.527. The van der Waals surface area contributed by atoms with E-state index in [1.54, 1.807) is 17.0 Å². The van der Waals surface area contributed by atoms with Crippen molar-refractivity contribution < 1.29 is 14.6 Å². The molecule has 0 radical (unpaired) electrons. The minimum atomic E-state index is -0.00938. The van der Waals surface area contributed by atoms with E-state index in [9.17, 15) is 4.79 Å². The number of amides is 1. The molecule has 0 aromatic heterocycles. The van der Waals surface area contributed by atoms with Crippen LogP contribution < -0.4 is 15.4 Å². The van der Waals surface area contributed by atoms with Crippen molar-refractivity contribution in [3.63, 3.8) is 0 Å². The maximum atomic E-state index is 11.8. The van der Waals surface area contributed by atoms with E-state index < -0.39 is 0 Å². The second kappa shape index (κ2) is 5.84. The van der Waals surface area contributed by atoms with Gasteiger partial charge in [0.2, 0.25) is 5.91 Å². The SMILES string of the molecule is NCC1CC(=O)N(c2ccc(OCCO)cc2)C1. The molecule has 1 aliphatic heterocycles. The van der Waals surface area contributed by atoms with Gasteiger partial charge in [-0.3, -0.25) is 4.79 Å². The second-order valence-electron chi connectivity index (χ2n) is 4.38. The summed E-state index contributed by atoms with van der Waals surface area (Å²) in [6.45, 7) is 1.49. The van der Waals surface area contributed by atoms with Gasteiger partial charge in [0, 0.05) is 18.7 Å². The molecule has 1 fully saturated rings. The van der Waals surface area contributed by atoms with E-state index in [1.165, 1.54) is 0 Å². The largest absolute Gasteiger partial charge is 0.491 e. The first-order valence-corrected chi connectivity index (χ1v) is 6.08. The summed E-state index contributed by atoms with van der Waals surface area (Å²) in [6, 6.07) is 7.30. The number of carbonyl (C=O) groups excluding carboxylic acids is 1. The van der Waals surface area contributed by atoms with Crippen LogP contribution in [0.1, 0.15) is 6.42 Å². The molecule has 2 rings (SSSR count). The summed E-state index contributed by atoms with van der Waals surface area (Å²) in [5.41, 5.74) is 6.46. The lowest BCUT2D eigenvalue weighted by molar-refractivity contribution is -0.117. The van der Waals surface area contributed by atoms with Gasteiger partial charge in [-0.25, -0.2) is 0 Å². The van der Waals surface area contributed by atoms with Gasteiger partial charge in [0.05, 0.1) is 6.61 Å². The summed E-state index contributed by atoms with van der Waals surface area (Å²) in [5.74, 6) is 1.06. The highest BCUT2D eigenvalue weighted by atomic mass is 16.5. The van der Waals surface area contributed by atoms with Crippen molar-refractivity contribution in [2.75, 3.05) is 31.2 Å². The Kier molecular flexibility index (Phi) is 4.17. The van der Waals surface area contributed by atoms with Crippen LogP contribution in [-0.2, 0) is 4.79 Å². The Bertz CT molecular complexity index is 405. The molecule has 1 aromatic rings. The molecule has 0 spiro atoms. The molecule has 1 amide bonds. The Morgan fingerprint density at radius 2 is 2.11 bits per heavy atom. The highest BCUT2D eigenvalue weighted by Gasteiger charge is 2.29. The molecule has 5 heteroatoms. The second-order valence-corrected chi connectivity index (χ2v) is 4.38. The number of carbonyl (C=O) groups is 1. The maximum Gasteiger partial charge on any atom is 0.227 e. The molecular weight excluding hydrogens is 232 g/mol. The van der Waals surface area contributed by atoms with Gasteiger partial charge in [-0.15, -0.1) is 0 Å². The number of hydrogen-bond donors (Lipinski definition) is 2. The number of hydrogen-bond acceptors (Lipinski definition) is 4. The first kappa shape index (κ1) is 12.9. The van der Waals surface area contributed by atoms with E-state index in [4.69, 9.17) is 15.6 Å². The third kappa shape index (κ3) is 2.80. The number of anilines is 1. The normalized spacial score (nSPS) is 19.3. The van der Waals surface area contributed by atoms with Crippen LogP contribution in [0.4, 0.5) is 5.69 Å². The van der Waals surface area contributed by atoms with Crippen molar-refractivity contribution in [3.05, 3.63) is 24.3 Å². The summed E-state index contributed by atoms with van der Waals surface area (Å²) in [4.78, 5) is 13.6. The van der Waals surface area contributed by atoms with Crippen LogP contribution in [-0.4, -0.2) is 37.3 Å². The van der Waals surface area contributed by atoms with E-state index in [-0.39, 0.29) is 25.0 Å². The Labute approximate surface area is 106 Å². The maximum absolute atomic E-state index is 11.8. The summed E-state index contributed by atoms with van der Waals surface area (Å²) in [5, 5.41) is 8.66. The molecule has 1 heterocycles. The lowest BCUT2D eigenvalue weighted by atomic mass is 10.1. The number of ether oxygens (including phenoxy) is 1. The summed E-state index contributed by atoms with van der Waals surface area (Å²) >= 11 is 0. The van der Waals surface area contributed by atoms with E-state index >= 15 is 0 Å². The predicted molar refractivity (Wildman–Crippen MR) is 68.5 cm³/mol. The Balaban J connectivity index is 2.03. The van der Waals surface area contributed by atoms with Crippen molar-refractivity contribution in [2.45, 2.75) is 6.42 Å². The fraction of sp³-hybridized carbons (Fsp3) is 0.462. The molecule has 3 N–H and O–H groups in total. The van der Waals surface area contributed by atoms with Gasteiger partial charge in [0.1, 0.15) is 12.4 Å². The Hall–Kier alpha value is -1.59. The van der Waals surface area contributed by atoms with Crippen molar-refractivity contribution in [1.29, 1.82) is 0 Å². The molecule has 5 nitrogen and oxygen atoms in total. The minimum absolute atomic E-state index is 0.00938. The molecule has 1 unspecified atom stereocenters. The highest BCUT2D eigenvalue weighted by molar-refractivity contribution is 5.95. The average Bonchev–Trinajstić information content (AvgIpc) is 2.78. The van der Waals surface area contributed by atoms with Crippen molar-refractivity contribution in [2.24, 2.45) is 11.7 Å². The minimum Gasteiger partial charge on any atom is -0.491 e. The van der Waals surface area contributed by atoms with Crippen LogP contribution in [0.15, 0.2) is 24.3 Å². The zero-order chi connectivity index (χ0) is 13.0. The third-order valence-corrected chi connectivity index (χ3v) is 3.05. The van der Waals surface area contributed by atoms with Crippen LogP contribution in [0.5, 0.6) is 5.75 Å². The monoisotopic (exact) mass is 250 g/mol. The smallest absolute Gasteiger partial charge is 0.227 e. The number of nitrogens with zero attached hydrogens (tertiary/aromatic N) is 1. The van der Waals surface area contributed by atoms with Gasteiger partial charge in [0.15, 0.2) is 0 Å². The van der Waals surface area contributed by atoms with Gasteiger partial charge in [-0.2, -0.15) is 0 Å². The van der Waals surface area contributed by atoms with E-state index in [0.29, 0.717) is 25.3 Å². The van der Waals surface area contributed by atoms with Crippen molar-refractivity contribution >= 4 is 11.6 Å². The molecule has 0 aliphatic carbocycles. The molecule has 1 saturated heterocycles. The number of aliphatic hydroxyl groups excluding tert-OH is 1. The molecule has 1 aliphatic rings. The van der Waals surface area contributed by atoms with Gasteiger partial charge >= 0.3 is 0 Å². The van der Waals surface area contributed by atoms with Gasteiger partial charge in [-0.1, -0.05) is 0 Å². The standard InChI is InChI=1S/C13H18N2O3/c14-8-10-7-13(17)15(9-10)11-1-3-12(4-2-11)18-6-5-16/h1-4,10,16H,5-9,14H2. The van der Waals surface area contributed by atoms with Gasteiger partial charge in [0.25, 0.3) is 0 Å². The first-order chi connectivity index (χ1) is 8.74. The van der Waals surface area contributed by atoms with Crippen LogP contribution >= 0.6 is 0 Å². The molecule has 0 saturated carbocycles. The summed E-state index contributed by atoms with van der Waals surface area (Å²) in [7, 11) is 0. The van der Waals surface area contributed by atoms with Gasteiger partial charge < -0.3 is 20.5 Å². The molecular formula is C13H18N2O3. The Morgan fingerprint density at radius 3 is 2.67 bits per heavy atom. The van der Waals surface area contributed by atoms with Crippen LogP contribution in [0.25, 0.3) is 0 Å². The first-order valence-electron chi connectivity index (χ1n) is 6.08. The van der Waals surface area contributed by atoms with Gasteiger partial charge in [-0.05, 0) is 36.7 Å². The number of aliphatic hydroxyl groups is 1. The highest BCUT2D eigenvalue weighted by Crippen LogP contribution is 2.26.